The first-order valence-electron chi connectivity index (χ1n) is 11.9. The topological polar surface area (TPSA) is 65.9 Å². The van der Waals surface area contributed by atoms with Crippen molar-refractivity contribution >= 4 is 5.91 Å². The zero-order chi connectivity index (χ0) is 24.9. The van der Waals surface area contributed by atoms with Gasteiger partial charge in [-0.1, -0.05) is 49.4 Å². The number of hydrogen-bond donors (Lipinski definition) is 1. The number of aromatic nitrogens is 1. The van der Waals surface area contributed by atoms with Crippen LogP contribution in [0.3, 0.4) is 0 Å². The van der Waals surface area contributed by atoms with Crippen LogP contribution >= 0.6 is 0 Å². The average molecular weight is 478 g/mol. The van der Waals surface area contributed by atoms with Crippen LogP contribution in [0.4, 0.5) is 4.39 Å². The summed E-state index contributed by atoms with van der Waals surface area (Å²) in [6.07, 6.45) is 1.38. The Bertz CT molecular complexity index is 1160. The van der Waals surface area contributed by atoms with Gasteiger partial charge in [-0.3, -0.25) is 9.69 Å². The molecular formula is C28H32FN3O3. The molecule has 3 atom stereocenters. The molecule has 0 unspecified atom stereocenters. The highest BCUT2D eigenvalue weighted by Crippen LogP contribution is 2.30. The summed E-state index contributed by atoms with van der Waals surface area (Å²) < 4.78 is 20.2. The van der Waals surface area contributed by atoms with Crippen LogP contribution in [-0.4, -0.2) is 64.7 Å². The molecule has 0 fully saturated rings. The number of hydrogen-bond acceptors (Lipinski definition) is 5. The van der Waals surface area contributed by atoms with Gasteiger partial charge >= 0.3 is 0 Å². The van der Waals surface area contributed by atoms with E-state index in [-0.39, 0.29) is 42.3 Å². The van der Waals surface area contributed by atoms with E-state index < -0.39 is 0 Å². The number of benzene rings is 2. The Balaban J connectivity index is 1.66. The number of carbonyl (C=O) groups excluding carboxylic acids is 1. The predicted octanol–water partition coefficient (Wildman–Crippen LogP) is 4.24. The van der Waals surface area contributed by atoms with E-state index in [1.807, 2.05) is 32.2 Å². The van der Waals surface area contributed by atoms with Crippen molar-refractivity contribution in [1.29, 1.82) is 0 Å². The van der Waals surface area contributed by atoms with E-state index in [0.29, 0.717) is 29.8 Å². The molecule has 0 radical (unpaired) electrons. The Kier molecular flexibility index (Phi) is 7.78. The summed E-state index contributed by atoms with van der Waals surface area (Å²) >= 11 is 0. The van der Waals surface area contributed by atoms with Crippen LogP contribution in [0, 0.1) is 11.7 Å². The number of ether oxygens (including phenoxy) is 1. The van der Waals surface area contributed by atoms with Gasteiger partial charge in [0.15, 0.2) is 0 Å². The van der Waals surface area contributed by atoms with Crippen LogP contribution in [0.2, 0.25) is 0 Å². The molecule has 2 heterocycles. The van der Waals surface area contributed by atoms with Gasteiger partial charge in [0.2, 0.25) is 5.88 Å². The molecule has 1 amide bonds. The first-order chi connectivity index (χ1) is 16.9. The highest BCUT2D eigenvalue weighted by molar-refractivity contribution is 5.98. The van der Waals surface area contributed by atoms with Crippen LogP contribution in [-0.2, 0) is 6.54 Å². The summed E-state index contributed by atoms with van der Waals surface area (Å²) in [5.74, 6) is -0.350. The van der Waals surface area contributed by atoms with Gasteiger partial charge in [-0.25, -0.2) is 9.37 Å². The third kappa shape index (κ3) is 5.86. The Morgan fingerprint density at radius 3 is 2.66 bits per heavy atom. The zero-order valence-corrected chi connectivity index (χ0v) is 20.4. The lowest BCUT2D eigenvalue weighted by atomic mass is 9.99. The molecule has 0 saturated heterocycles. The number of aliphatic hydroxyl groups is 1. The van der Waals surface area contributed by atoms with E-state index in [1.54, 1.807) is 29.3 Å². The second kappa shape index (κ2) is 11.0. The Morgan fingerprint density at radius 1 is 1.17 bits per heavy atom. The van der Waals surface area contributed by atoms with Crippen LogP contribution in [0.25, 0.3) is 11.1 Å². The van der Waals surface area contributed by atoms with Crippen LogP contribution in [0.1, 0.15) is 29.8 Å². The maximum atomic E-state index is 13.8. The van der Waals surface area contributed by atoms with Crippen molar-refractivity contribution in [3.05, 3.63) is 83.8 Å². The van der Waals surface area contributed by atoms with Gasteiger partial charge in [0.25, 0.3) is 5.91 Å². The number of likely N-dealkylation sites (N-methyl/N-ethyl adjacent to an activating group) is 1. The number of rotatable bonds is 7. The minimum absolute atomic E-state index is 0.00372. The highest BCUT2D eigenvalue weighted by atomic mass is 19.1. The third-order valence-electron chi connectivity index (χ3n) is 6.47. The molecule has 3 aromatic rings. The molecule has 2 aromatic carbocycles. The van der Waals surface area contributed by atoms with Gasteiger partial charge in [-0.15, -0.1) is 0 Å². The number of pyridine rings is 1. The highest BCUT2D eigenvalue weighted by Gasteiger charge is 2.34. The molecule has 6 nitrogen and oxygen atoms in total. The van der Waals surface area contributed by atoms with E-state index in [0.717, 1.165) is 6.54 Å². The predicted molar refractivity (Wildman–Crippen MR) is 134 cm³/mol. The molecule has 1 aromatic heterocycles. The summed E-state index contributed by atoms with van der Waals surface area (Å²) in [6, 6.07) is 17.8. The van der Waals surface area contributed by atoms with Crippen molar-refractivity contribution in [1.82, 2.24) is 14.8 Å². The molecule has 0 saturated carbocycles. The van der Waals surface area contributed by atoms with Crippen molar-refractivity contribution in [2.75, 3.05) is 26.7 Å². The van der Waals surface area contributed by atoms with E-state index in [4.69, 9.17) is 4.74 Å². The van der Waals surface area contributed by atoms with E-state index in [2.05, 4.69) is 28.9 Å². The lowest BCUT2D eigenvalue weighted by Gasteiger charge is -2.37. The first kappa shape index (κ1) is 24.8. The van der Waals surface area contributed by atoms with Gasteiger partial charge in [0.05, 0.1) is 12.6 Å². The van der Waals surface area contributed by atoms with Crippen LogP contribution < -0.4 is 4.74 Å². The second-order valence-electron chi connectivity index (χ2n) is 9.39. The molecule has 1 N–H and O–H groups in total. The van der Waals surface area contributed by atoms with E-state index >= 15 is 0 Å². The van der Waals surface area contributed by atoms with Gasteiger partial charge in [0.1, 0.15) is 17.5 Å². The molecule has 184 valence electrons. The lowest BCUT2D eigenvalue weighted by molar-refractivity contribution is 0.0325. The van der Waals surface area contributed by atoms with E-state index in [1.165, 1.54) is 17.7 Å². The molecule has 7 heteroatoms. The number of amides is 1. The standard InChI is InChI=1S/C28H32FN3O3/c1-19-15-32(20(2)18-33)28(34)25-13-23(22-10-7-11-24(29)12-22)14-30-27(25)35-26(19)17-31(3)16-21-8-5-4-6-9-21/h4-14,19-20,26,33H,15-18H2,1-3H3/t19-,20-,26+/m1/s1. The number of aliphatic hydroxyl groups excluding tert-OH is 1. The number of halogens is 1. The van der Waals surface area contributed by atoms with Gasteiger partial charge in [-0.2, -0.15) is 0 Å². The first-order valence-corrected chi connectivity index (χ1v) is 11.9. The molecule has 0 bridgehead atoms. The molecule has 35 heavy (non-hydrogen) atoms. The van der Waals surface area contributed by atoms with Crippen molar-refractivity contribution in [2.45, 2.75) is 32.5 Å². The Labute approximate surface area is 206 Å². The summed E-state index contributed by atoms with van der Waals surface area (Å²) in [4.78, 5) is 21.9. The SMILES string of the molecule is C[C@@H]1CN([C@H](C)CO)C(=O)c2cc(-c3cccc(F)c3)cnc2O[C@H]1CN(C)Cc1ccccc1. The fraction of sp³-hybridized carbons (Fsp3) is 0.357. The average Bonchev–Trinajstić information content (AvgIpc) is 2.86. The summed E-state index contributed by atoms with van der Waals surface area (Å²) in [6.45, 7) is 5.57. The molecule has 0 aliphatic carbocycles. The normalized spacial score (nSPS) is 19.0. The molecule has 0 spiro atoms. The number of fused-ring (bicyclic) bond motifs is 1. The summed E-state index contributed by atoms with van der Waals surface area (Å²) in [5.41, 5.74) is 2.78. The van der Waals surface area contributed by atoms with Gasteiger partial charge in [-0.05, 0) is 43.3 Å². The van der Waals surface area contributed by atoms with Crippen LogP contribution in [0.15, 0.2) is 66.9 Å². The quantitative estimate of drug-likeness (QED) is 0.552. The summed E-state index contributed by atoms with van der Waals surface area (Å²) in [7, 11) is 2.04. The molecule has 1 aliphatic rings. The van der Waals surface area contributed by atoms with Crippen LogP contribution in [0.5, 0.6) is 5.88 Å². The fourth-order valence-electron chi connectivity index (χ4n) is 4.41. The zero-order valence-electron chi connectivity index (χ0n) is 20.4. The minimum atomic E-state index is -0.364. The molecular weight excluding hydrogens is 445 g/mol. The third-order valence-corrected chi connectivity index (χ3v) is 6.47. The van der Waals surface area contributed by atoms with Gasteiger partial charge < -0.3 is 14.7 Å². The van der Waals surface area contributed by atoms with Crippen molar-refractivity contribution in [3.63, 3.8) is 0 Å². The second-order valence-corrected chi connectivity index (χ2v) is 9.39. The molecule has 4 rings (SSSR count). The van der Waals surface area contributed by atoms with Crippen molar-refractivity contribution in [2.24, 2.45) is 5.92 Å². The number of carbonyl (C=O) groups is 1. The smallest absolute Gasteiger partial charge is 0.259 e. The number of nitrogens with zero attached hydrogens (tertiary/aromatic N) is 3. The lowest BCUT2D eigenvalue weighted by Crippen LogP contribution is -2.49. The van der Waals surface area contributed by atoms with Crippen molar-refractivity contribution < 1.29 is 19.0 Å². The largest absolute Gasteiger partial charge is 0.472 e. The monoisotopic (exact) mass is 477 g/mol. The maximum absolute atomic E-state index is 13.8. The Morgan fingerprint density at radius 2 is 1.94 bits per heavy atom. The fourth-order valence-corrected chi connectivity index (χ4v) is 4.41. The Hall–Kier alpha value is -3.29. The van der Waals surface area contributed by atoms with Gasteiger partial charge in [0, 0.05) is 37.3 Å². The van der Waals surface area contributed by atoms with Crippen molar-refractivity contribution in [3.8, 4) is 17.0 Å². The summed E-state index contributed by atoms with van der Waals surface area (Å²) in [5, 5.41) is 9.85. The van der Waals surface area contributed by atoms with E-state index in [9.17, 15) is 14.3 Å². The minimum Gasteiger partial charge on any atom is -0.472 e. The molecule has 1 aliphatic heterocycles. The maximum Gasteiger partial charge on any atom is 0.259 e.